The van der Waals surface area contributed by atoms with Gasteiger partial charge in [-0.05, 0) is 35.2 Å². The van der Waals surface area contributed by atoms with Crippen LogP contribution in [0.1, 0.15) is 22.9 Å². The molecule has 0 radical (unpaired) electrons. The average Bonchev–Trinajstić information content (AvgIpc) is 3.58. The molecule has 5 rings (SSSR count). The van der Waals surface area contributed by atoms with Gasteiger partial charge in [0.15, 0.2) is 9.84 Å². The third-order valence-electron chi connectivity index (χ3n) is 5.98. The van der Waals surface area contributed by atoms with Crippen molar-refractivity contribution in [2.45, 2.75) is 17.4 Å². The third kappa shape index (κ3) is 4.01. The van der Waals surface area contributed by atoms with Crippen LogP contribution in [0, 0.1) is 0 Å². The van der Waals surface area contributed by atoms with Gasteiger partial charge in [0.25, 0.3) is 5.91 Å². The lowest BCUT2D eigenvalue weighted by Gasteiger charge is -2.22. The molecule has 0 saturated heterocycles. The average molecular weight is 494 g/mol. The lowest BCUT2D eigenvalue weighted by molar-refractivity contribution is -0.130. The number of para-hydroxylation sites is 1. The Balaban J connectivity index is 1.48. The fourth-order valence-corrected chi connectivity index (χ4v) is 6.44. The van der Waals surface area contributed by atoms with Crippen molar-refractivity contribution in [3.63, 3.8) is 0 Å². The number of aryl methyl sites for hydroxylation is 1. The highest BCUT2D eigenvalue weighted by molar-refractivity contribution is 7.92. The summed E-state index contributed by atoms with van der Waals surface area (Å²) in [7, 11) is -0.503. The Bertz CT molecular complexity index is 1490. The Labute approximate surface area is 201 Å². The van der Waals surface area contributed by atoms with E-state index in [1.165, 1.54) is 5.01 Å². The van der Waals surface area contributed by atoms with Crippen LogP contribution in [0.3, 0.4) is 0 Å². The smallest absolute Gasteiger partial charge is 0.258 e. The van der Waals surface area contributed by atoms with Crippen molar-refractivity contribution >= 4 is 43.7 Å². The molecule has 34 heavy (non-hydrogen) atoms. The highest BCUT2D eigenvalue weighted by Gasteiger charge is 2.36. The summed E-state index contributed by atoms with van der Waals surface area (Å²) in [5.74, 6) is -0.507. The maximum atomic E-state index is 13.4. The Hall–Kier alpha value is -3.43. The van der Waals surface area contributed by atoms with Crippen molar-refractivity contribution < 1.29 is 17.9 Å². The lowest BCUT2D eigenvalue weighted by Crippen LogP contribution is -2.32. The molecule has 7 nitrogen and oxygen atoms in total. The van der Waals surface area contributed by atoms with E-state index in [9.17, 15) is 13.2 Å². The molecule has 3 heterocycles. The van der Waals surface area contributed by atoms with E-state index in [1.54, 1.807) is 48.4 Å². The van der Waals surface area contributed by atoms with Crippen LogP contribution in [0.25, 0.3) is 10.9 Å². The number of amides is 1. The van der Waals surface area contributed by atoms with Gasteiger partial charge in [-0.25, -0.2) is 13.4 Å². The molecule has 174 valence electrons. The van der Waals surface area contributed by atoms with Crippen LogP contribution in [0.2, 0.25) is 0 Å². The van der Waals surface area contributed by atoms with Crippen molar-refractivity contribution in [3.05, 3.63) is 82.7 Å². The summed E-state index contributed by atoms with van der Waals surface area (Å²) in [5, 5.41) is 8.48. The standard InChI is InChI=1S/C25H23N3O4S2/c1-27-15-24(19-6-3-4-7-21(19)27)34(30,31)16-25(29)28-22(17-9-11-18(32-2)12-10-17)14-20(26-28)23-8-5-13-33-23/h3-13,15,22H,14,16H2,1-2H3. The van der Waals surface area contributed by atoms with Gasteiger partial charge in [0.05, 0.1) is 28.6 Å². The number of hydrogen-bond acceptors (Lipinski definition) is 6. The molecule has 1 unspecified atom stereocenters. The molecule has 0 N–H and O–H groups in total. The van der Waals surface area contributed by atoms with Crippen LogP contribution in [-0.4, -0.2) is 42.5 Å². The number of rotatable bonds is 6. The van der Waals surface area contributed by atoms with Gasteiger partial charge in [-0.2, -0.15) is 5.10 Å². The minimum atomic E-state index is -3.89. The zero-order valence-corrected chi connectivity index (χ0v) is 20.3. The molecule has 4 aromatic rings. The van der Waals surface area contributed by atoms with Crippen molar-refractivity contribution in [3.8, 4) is 5.75 Å². The molecule has 0 saturated carbocycles. The number of thiophene rings is 1. The van der Waals surface area contributed by atoms with E-state index in [4.69, 9.17) is 4.74 Å². The number of fused-ring (bicyclic) bond motifs is 1. The number of hydrogen-bond donors (Lipinski definition) is 0. The minimum absolute atomic E-state index is 0.154. The number of carbonyl (C=O) groups excluding carboxylic acids is 1. The molecule has 1 atom stereocenters. The highest BCUT2D eigenvalue weighted by atomic mass is 32.2. The number of sulfone groups is 1. The minimum Gasteiger partial charge on any atom is -0.497 e. The van der Waals surface area contributed by atoms with Crippen molar-refractivity contribution in [1.82, 2.24) is 9.58 Å². The Morgan fingerprint density at radius 3 is 2.59 bits per heavy atom. The van der Waals surface area contributed by atoms with Gasteiger partial charge in [0.2, 0.25) is 0 Å². The Morgan fingerprint density at radius 2 is 1.88 bits per heavy atom. The van der Waals surface area contributed by atoms with Crippen molar-refractivity contribution in [2.24, 2.45) is 12.1 Å². The van der Waals surface area contributed by atoms with Gasteiger partial charge in [-0.15, -0.1) is 11.3 Å². The molecule has 0 fully saturated rings. The van der Waals surface area contributed by atoms with E-state index in [1.807, 2.05) is 53.9 Å². The summed E-state index contributed by atoms with van der Waals surface area (Å²) in [6.45, 7) is 0. The van der Waals surface area contributed by atoms with Crippen LogP contribution in [0.5, 0.6) is 5.75 Å². The van der Waals surface area contributed by atoms with Gasteiger partial charge >= 0.3 is 0 Å². The van der Waals surface area contributed by atoms with Gasteiger partial charge in [-0.3, -0.25) is 4.79 Å². The number of methoxy groups -OCH3 is 1. The predicted molar refractivity (Wildman–Crippen MR) is 133 cm³/mol. The molecule has 0 aliphatic carbocycles. The molecule has 1 amide bonds. The SMILES string of the molecule is COc1ccc(C2CC(c3cccs3)=NN2C(=O)CS(=O)(=O)c2cn(C)c3ccccc23)cc1. The monoisotopic (exact) mass is 493 g/mol. The summed E-state index contributed by atoms with van der Waals surface area (Å²) in [6, 6.07) is 18.2. The highest BCUT2D eigenvalue weighted by Crippen LogP contribution is 2.35. The van der Waals surface area contributed by atoms with Crippen LogP contribution >= 0.6 is 11.3 Å². The second-order valence-electron chi connectivity index (χ2n) is 8.14. The van der Waals surface area contributed by atoms with Gasteiger partial charge in [0, 0.05) is 30.6 Å². The van der Waals surface area contributed by atoms with Gasteiger partial charge < -0.3 is 9.30 Å². The molecular weight excluding hydrogens is 470 g/mol. The number of carbonyl (C=O) groups is 1. The largest absolute Gasteiger partial charge is 0.497 e. The van der Waals surface area contributed by atoms with Gasteiger partial charge in [-0.1, -0.05) is 36.4 Å². The van der Waals surface area contributed by atoms with E-state index in [-0.39, 0.29) is 4.90 Å². The molecule has 2 aromatic carbocycles. The third-order valence-corrected chi connectivity index (χ3v) is 8.52. The van der Waals surface area contributed by atoms with E-state index >= 15 is 0 Å². The first-order chi connectivity index (χ1) is 16.4. The van der Waals surface area contributed by atoms with Crippen LogP contribution in [0.15, 0.2) is 82.2 Å². The first-order valence-corrected chi connectivity index (χ1v) is 13.2. The topological polar surface area (TPSA) is 81.0 Å². The summed E-state index contributed by atoms with van der Waals surface area (Å²) >= 11 is 1.54. The van der Waals surface area contributed by atoms with E-state index < -0.39 is 27.5 Å². The molecule has 9 heteroatoms. The molecule has 2 aromatic heterocycles. The van der Waals surface area contributed by atoms with Crippen molar-refractivity contribution in [1.29, 1.82) is 0 Å². The number of benzene rings is 2. The summed E-state index contributed by atoms with van der Waals surface area (Å²) in [5.41, 5.74) is 2.43. The number of ether oxygens (including phenoxy) is 1. The lowest BCUT2D eigenvalue weighted by atomic mass is 10.0. The first-order valence-electron chi connectivity index (χ1n) is 10.7. The normalized spacial score (nSPS) is 16.1. The molecular formula is C25H23N3O4S2. The van der Waals surface area contributed by atoms with Crippen LogP contribution < -0.4 is 4.74 Å². The quantitative estimate of drug-likeness (QED) is 0.399. The predicted octanol–water partition coefficient (Wildman–Crippen LogP) is 4.40. The second-order valence-corrected chi connectivity index (χ2v) is 11.0. The zero-order valence-electron chi connectivity index (χ0n) is 18.7. The Kier molecular flexibility index (Phi) is 5.75. The fourth-order valence-electron chi connectivity index (χ4n) is 4.28. The maximum Gasteiger partial charge on any atom is 0.258 e. The first kappa shape index (κ1) is 22.4. The van der Waals surface area contributed by atoms with E-state index in [2.05, 4.69) is 5.10 Å². The number of nitrogens with zero attached hydrogens (tertiary/aromatic N) is 3. The fraction of sp³-hybridized carbons (Fsp3) is 0.200. The van der Waals surface area contributed by atoms with E-state index in [0.717, 1.165) is 21.7 Å². The summed E-state index contributed by atoms with van der Waals surface area (Å²) < 4.78 is 33.7. The second kappa shape index (κ2) is 8.73. The van der Waals surface area contributed by atoms with E-state index in [0.29, 0.717) is 17.6 Å². The maximum absolute atomic E-state index is 13.4. The zero-order chi connectivity index (χ0) is 23.9. The molecule has 0 spiro atoms. The molecule has 0 bridgehead atoms. The Morgan fingerprint density at radius 1 is 1.12 bits per heavy atom. The number of hydrazone groups is 1. The summed E-state index contributed by atoms with van der Waals surface area (Å²) in [6.07, 6.45) is 2.07. The summed E-state index contributed by atoms with van der Waals surface area (Å²) in [4.78, 5) is 14.5. The van der Waals surface area contributed by atoms with Gasteiger partial charge in [0.1, 0.15) is 11.5 Å². The van der Waals surface area contributed by atoms with Crippen LogP contribution in [-0.2, 0) is 21.7 Å². The van der Waals surface area contributed by atoms with Crippen molar-refractivity contribution in [2.75, 3.05) is 12.9 Å². The molecule has 1 aliphatic heterocycles. The van der Waals surface area contributed by atoms with Crippen LogP contribution in [0.4, 0.5) is 0 Å². The number of aromatic nitrogens is 1. The molecule has 1 aliphatic rings.